The van der Waals surface area contributed by atoms with E-state index in [1.54, 1.807) is 4.90 Å². The molecule has 0 radical (unpaired) electrons. The zero-order chi connectivity index (χ0) is 17.3. The lowest BCUT2D eigenvalue weighted by molar-refractivity contribution is -0.153. The monoisotopic (exact) mass is 330 g/mol. The van der Waals surface area contributed by atoms with Crippen molar-refractivity contribution >= 4 is 11.8 Å². The quantitative estimate of drug-likeness (QED) is 0.893. The van der Waals surface area contributed by atoms with Gasteiger partial charge in [-0.1, -0.05) is 19.9 Å². The Labute approximate surface area is 143 Å². The number of rotatable bonds is 4. The molecular weight excluding hydrogens is 304 g/mol. The molecule has 2 aliphatic rings. The van der Waals surface area contributed by atoms with Crippen LogP contribution in [0.25, 0.3) is 0 Å². The van der Waals surface area contributed by atoms with Crippen molar-refractivity contribution in [3.05, 3.63) is 29.6 Å². The second-order valence-electron chi connectivity index (χ2n) is 7.24. The van der Waals surface area contributed by atoms with Gasteiger partial charge in [0, 0.05) is 31.9 Å². The molecular formula is C18H26N4O2. The Balaban J connectivity index is 1.66. The van der Waals surface area contributed by atoms with Crippen LogP contribution in [0.3, 0.4) is 0 Å². The van der Waals surface area contributed by atoms with Gasteiger partial charge in [0.2, 0.25) is 11.8 Å². The summed E-state index contributed by atoms with van der Waals surface area (Å²) in [7, 11) is 0. The first kappa shape index (κ1) is 16.9. The molecule has 6 nitrogen and oxygen atoms in total. The molecule has 2 fully saturated rings. The molecule has 6 heteroatoms. The van der Waals surface area contributed by atoms with E-state index in [9.17, 15) is 9.59 Å². The fourth-order valence-corrected chi connectivity index (χ4v) is 3.55. The van der Waals surface area contributed by atoms with Crippen molar-refractivity contribution in [3.63, 3.8) is 0 Å². The molecule has 1 aromatic heterocycles. The molecule has 0 aromatic carbocycles. The van der Waals surface area contributed by atoms with Crippen LogP contribution in [0, 0.1) is 12.8 Å². The number of hydrogen-bond donors (Lipinski definition) is 1. The van der Waals surface area contributed by atoms with Crippen LogP contribution in [0.2, 0.25) is 0 Å². The molecule has 0 bridgehead atoms. The van der Waals surface area contributed by atoms with Gasteiger partial charge in [-0.05, 0) is 31.4 Å². The minimum atomic E-state index is -0.375. The number of amides is 2. The molecule has 2 aliphatic heterocycles. The standard InChI is InChI=1S/C18H26N4O2/c1-12(2)9-15-18(24)22-8-7-21(11-16(22)17(23)20-15)10-14-6-4-5-13(3)19-14/h4-6,12,15-16H,7-11H2,1-3H3,(H,20,23)/t15-,16+/m0/s1. The molecule has 0 saturated carbocycles. The lowest BCUT2D eigenvalue weighted by atomic mass is 9.97. The van der Waals surface area contributed by atoms with Crippen LogP contribution in [0.4, 0.5) is 0 Å². The number of aromatic nitrogens is 1. The number of nitrogens with one attached hydrogen (secondary N) is 1. The van der Waals surface area contributed by atoms with E-state index in [0.717, 1.165) is 17.9 Å². The summed E-state index contributed by atoms with van der Waals surface area (Å²) in [6.45, 7) is 8.78. The summed E-state index contributed by atoms with van der Waals surface area (Å²) in [6.07, 6.45) is 0.699. The fraction of sp³-hybridized carbons (Fsp3) is 0.611. The van der Waals surface area contributed by atoms with Gasteiger partial charge < -0.3 is 10.2 Å². The summed E-state index contributed by atoms with van der Waals surface area (Å²) in [6, 6.07) is 5.24. The third-order valence-electron chi connectivity index (χ3n) is 4.70. The predicted molar refractivity (Wildman–Crippen MR) is 91.1 cm³/mol. The van der Waals surface area contributed by atoms with Gasteiger partial charge in [0.05, 0.1) is 5.69 Å². The van der Waals surface area contributed by atoms with Crippen LogP contribution in [-0.2, 0) is 16.1 Å². The van der Waals surface area contributed by atoms with Crippen LogP contribution in [0.15, 0.2) is 18.2 Å². The highest BCUT2D eigenvalue weighted by atomic mass is 16.2. The number of nitrogens with zero attached hydrogens (tertiary/aromatic N) is 3. The molecule has 1 N–H and O–H groups in total. The number of carbonyl (C=O) groups excluding carboxylic acids is 2. The van der Waals surface area contributed by atoms with Crippen LogP contribution in [0.5, 0.6) is 0 Å². The third kappa shape index (κ3) is 3.59. The minimum absolute atomic E-state index is 0.0258. The molecule has 0 aliphatic carbocycles. The maximum atomic E-state index is 12.6. The van der Waals surface area contributed by atoms with E-state index in [0.29, 0.717) is 32.0 Å². The Hall–Kier alpha value is -1.95. The van der Waals surface area contributed by atoms with Gasteiger partial charge in [0.1, 0.15) is 12.1 Å². The summed E-state index contributed by atoms with van der Waals surface area (Å²) in [5, 5.41) is 2.92. The van der Waals surface area contributed by atoms with E-state index >= 15 is 0 Å². The first-order valence-electron chi connectivity index (χ1n) is 8.70. The van der Waals surface area contributed by atoms with Crippen LogP contribution < -0.4 is 5.32 Å². The second-order valence-corrected chi connectivity index (χ2v) is 7.24. The van der Waals surface area contributed by atoms with Crippen LogP contribution in [0.1, 0.15) is 31.7 Å². The smallest absolute Gasteiger partial charge is 0.245 e. The van der Waals surface area contributed by atoms with Gasteiger partial charge in [0.25, 0.3) is 0 Å². The molecule has 0 spiro atoms. The predicted octanol–water partition coefficient (Wildman–Crippen LogP) is 0.947. The lowest BCUT2D eigenvalue weighted by Gasteiger charge is -2.45. The van der Waals surface area contributed by atoms with E-state index in [2.05, 4.69) is 29.0 Å². The van der Waals surface area contributed by atoms with Crippen LogP contribution in [-0.4, -0.2) is 58.3 Å². The third-order valence-corrected chi connectivity index (χ3v) is 4.70. The normalized spacial score (nSPS) is 24.9. The molecule has 3 heterocycles. The summed E-state index contributed by atoms with van der Waals surface area (Å²) in [4.78, 5) is 33.6. The van der Waals surface area contributed by atoms with Crippen LogP contribution >= 0.6 is 0 Å². The minimum Gasteiger partial charge on any atom is -0.342 e. The van der Waals surface area contributed by atoms with Gasteiger partial charge in [0.15, 0.2) is 0 Å². The highest BCUT2D eigenvalue weighted by molar-refractivity contribution is 5.97. The molecule has 24 heavy (non-hydrogen) atoms. The van der Waals surface area contributed by atoms with Crippen molar-refractivity contribution in [3.8, 4) is 0 Å². The molecule has 2 saturated heterocycles. The molecule has 130 valence electrons. The van der Waals surface area contributed by atoms with Crippen molar-refractivity contribution in [2.45, 2.75) is 45.8 Å². The van der Waals surface area contributed by atoms with E-state index in [1.807, 2.05) is 25.1 Å². The van der Waals surface area contributed by atoms with E-state index < -0.39 is 0 Å². The average Bonchev–Trinajstić information content (AvgIpc) is 2.52. The van der Waals surface area contributed by atoms with Crippen molar-refractivity contribution in [1.29, 1.82) is 0 Å². The highest BCUT2D eigenvalue weighted by Crippen LogP contribution is 2.20. The Kier molecular flexibility index (Phi) is 4.85. The van der Waals surface area contributed by atoms with Gasteiger partial charge in [-0.3, -0.25) is 19.5 Å². The zero-order valence-corrected chi connectivity index (χ0v) is 14.7. The second kappa shape index (κ2) is 6.89. The topological polar surface area (TPSA) is 65.5 Å². The van der Waals surface area contributed by atoms with Crippen molar-refractivity contribution < 1.29 is 9.59 Å². The maximum absolute atomic E-state index is 12.6. The average molecular weight is 330 g/mol. The number of fused-ring (bicyclic) bond motifs is 1. The molecule has 2 atom stereocenters. The van der Waals surface area contributed by atoms with Gasteiger partial charge in [-0.25, -0.2) is 0 Å². The molecule has 0 unspecified atom stereocenters. The number of carbonyl (C=O) groups is 2. The number of piperazine rings is 2. The lowest BCUT2D eigenvalue weighted by Crippen LogP contribution is -2.69. The first-order chi connectivity index (χ1) is 11.4. The largest absolute Gasteiger partial charge is 0.342 e. The van der Waals surface area contributed by atoms with Gasteiger partial charge in [-0.2, -0.15) is 0 Å². The zero-order valence-electron chi connectivity index (χ0n) is 14.7. The summed E-state index contributed by atoms with van der Waals surface area (Å²) in [5.41, 5.74) is 2.00. The van der Waals surface area contributed by atoms with Crippen molar-refractivity contribution in [2.24, 2.45) is 5.92 Å². The summed E-state index contributed by atoms with van der Waals surface area (Å²) in [5.74, 6) is 0.424. The Morgan fingerprint density at radius 2 is 2.08 bits per heavy atom. The van der Waals surface area contributed by atoms with E-state index in [-0.39, 0.29) is 23.9 Å². The van der Waals surface area contributed by atoms with Gasteiger partial charge >= 0.3 is 0 Å². The van der Waals surface area contributed by atoms with E-state index in [1.165, 1.54) is 0 Å². The summed E-state index contributed by atoms with van der Waals surface area (Å²) < 4.78 is 0. The maximum Gasteiger partial charge on any atom is 0.245 e. The number of aryl methyl sites for hydroxylation is 1. The number of hydrogen-bond acceptors (Lipinski definition) is 4. The molecule has 2 amide bonds. The Morgan fingerprint density at radius 3 is 2.79 bits per heavy atom. The fourth-order valence-electron chi connectivity index (χ4n) is 3.55. The van der Waals surface area contributed by atoms with Crippen molar-refractivity contribution in [2.75, 3.05) is 19.6 Å². The van der Waals surface area contributed by atoms with Gasteiger partial charge in [-0.15, -0.1) is 0 Å². The number of pyridine rings is 1. The Morgan fingerprint density at radius 1 is 1.29 bits per heavy atom. The Bertz CT molecular complexity index is 631. The molecule has 1 aromatic rings. The van der Waals surface area contributed by atoms with Crippen molar-refractivity contribution in [1.82, 2.24) is 20.1 Å². The summed E-state index contributed by atoms with van der Waals surface area (Å²) >= 11 is 0. The highest BCUT2D eigenvalue weighted by Gasteiger charge is 2.43. The molecule has 3 rings (SSSR count). The first-order valence-corrected chi connectivity index (χ1v) is 8.70. The van der Waals surface area contributed by atoms with E-state index in [4.69, 9.17) is 0 Å². The SMILES string of the molecule is Cc1cccc(CN2CCN3C(=O)[C@H](CC(C)C)NC(=O)[C@H]3C2)n1.